The Hall–Kier alpha value is -1.84. The summed E-state index contributed by atoms with van der Waals surface area (Å²) < 4.78 is 21.7. The van der Waals surface area contributed by atoms with E-state index in [1.165, 1.54) is 11.3 Å². The van der Waals surface area contributed by atoms with E-state index in [-0.39, 0.29) is 5.69 Å². The van der Waals surface area contributed by atoms with Gasteiger partial charge in [0.05, 0.1) is 6.26 Å². The molecule has 1 amide bonds. The lowest BCUT2D eigenvalue weighted by molar-refractivity contribution is 0.0941. The maximum atomic E-state index is 11.6. The lowest BCUT2D eigenvalue weighted by Gasteiger charge is -2.02. The predicted octanol–water partition coefficient (Wildman–Crippen LogP) is 0.399. The smallest absolute Gasteiger partial charge is 0.272 e. The van der Waals surface area contributed by atoms with E-state index in [9.17, 15) is 13.2 Å². The summed E-state index contributed by atoms with van der Waals surface area (Å²) in [5.41, 5.74) is 2.99. The van der Waals surface area contributed by atoms with Gasteiger partial charge >= 0.3 is 0 Å². The molecule has 19 heavy (non-hydrogen) atoms. The van der Waals surface area contributed by atoms with Crippen LogP contribution in [-0.4, -0.2) is 30.5 Å². The average Bonchev–Trinajstić information content (AvgIpc) is 2.86. The number of rotatable bonds is 4. The van der Waals surface area contributed by atoms with Gasteiger partial charge in [0, 0.05) is 23.3 Å². The summed E-state index contributed by atoms with van der Waals surface area (Å²) in [7, 11) is -3.49. The molecule has 0 aliphatic carbocycles. The number of hydrogen-bond donors (Lipinski definition) is 2. The van der Waals surface area contributed by atoms with Crippen LogP contribution in [0.25, 0.3) is 10.6 Å². The Labute approximate surface area is 113 Å². The van der Waals surface area contributed by atoms with E-state index >= 15 is 0 Å². The van der Waals surface area contributed by atoms with E-state index < -0.39 is 15.9 Å². The molecule has 0 aliphatic rings. The molecule has 0 aromatic carbocycles. The highest BCUT2D eigenvalue weighted by molar-refractivity contribution is 7.88. The summed E-state index contributed by atoms with van der Waals surface area (Å²) in [5, 5.41) is 2.18. The minimum absolute atomic E-state index is 0.139. The standard InChI is InChI=1S/C10H10N4O3S2/c1-19(16,17)14-13-9(15)8-6-18-10(12-8)7-3-2-4-11-5-7/h2-6,14H,1H3,(H,13,15). The quantitative estimate of drug-likeness (QED) is 0.796. The largest absolute Gasteiger partial charge is 0.285 e. The van der Waals surface area contributed by atoms with Crippen molar-refractivity contribution >= 4 is 27.3 Å². The van der Waals surface area contributed by atoms with Crippen LogP contribution < -0.4 is 10.3 Å². The first-order chi connectivity index (χ1) is 8.96. The first-order valence-corrected chi connectivity index (χ1v) is 7.86. The molecular weight excluding hydrogens is 288 g/mol. The van der Waals surface area contributed by atoms with Crippen LogP contribution in [0.3, 0.4) is 0 Å². The van der Waals surface area contributed by atoms with E-state index in [0.717, 1.165) is 11.8 Å². The van der Waals surface area contributed by atoms with Gasteiger partial charge in [-0.2, -0.15) is 0 Å². The Morgan fingerprint density at radius 3 is 2.84 bits per heavy atom. The Kier molecular flexibility index (Phi) is 3.88. The molecule has 2 N–H and O–H groups in total. The zero-order valence-electron chi connectivity index (χ0n) is 9.82. The fourth-order valence-electron chi connectivity index (χ4n) is 1.20. The zero-order valence-corrected chi connectivity index (χ0v) is 11.5. The second kappa shape index (κ2) is 5.43. The Morgan fingerprint density at radius 1 is 1.42 bits per heavy atom. The summed E-state index contributed by atoms with van der Waals surface area (Å²) in [6.45, 7) is 0. The molecule has 0 unspecified atom stereocenters. The normalized spacial score (nSPS) is 11.2. The summed E-state index contributed by atoms with van der Waals surface area (Å²) >= 11 is 1.28. The van der Waals surface area contributed by atoms with Gasteiger partial charge in [-0.05, 0) is 12.1 Å². The topological polar surface area (TPSA) is 101 Å². The second-order valence-electron chi connectivity index (χ2n) is 3.61. The summed E-state index contributed by atoms with van der Waals surface area (Å²) in [6, 6.07) is 3.59. The van der Waals surface area contributed by atoms with Gasteiger partial charge in [0.2, 0.25) is 10.0 Å². The second-order valence-corrected chi connectivity index (χ2v) is 6.21. The molecule has 2 aromatic heterocycles. The van der Waals surface area contributed by atoms with Gasteiger partial charge in [0.25, 0.3) is 5.91 Å². The van der Waals surface area contributed by atoms with Crippen LogP contribution in [0.2, 0.25) is 0 Å². The molecule has 0 saturated carbocycles. The zero-order chi connectivity index (χ0) is 13.9. The first-order valence-electron chi connectivity index (χ1n) is 5.09. The molecular formula is C10H10N4O3S2. The molecule has 0 saturated heterocycles. The number of sulfonamides is 1. The first kappa shape index (κ1) is 13.6. The van der Waals surface area contributed by atoms with Gasteiger partial charge in [-0.25, -0.2) is 13.4 Å². The Morgan fingerprint density at radius 2 is 2.21 bits per heavy atom. The molecule has 0 bridgehead atoms. The molecule has 0 radical (unpaired) electrons. The summed E-state index contributed by atoms with van der Waals surface area (Å²) in [5.74, 6) is -0.614. The van der Waals surface area contributed by atoms with Crippen molar-refractivity contribution in [2.45, 2.75) is 0 Å². The molecule has 0 aliphatic heterocycles. The molecule has 0 atom stereocenters. The number of nitrogens with zero attached hydrogens (tertiary/aromatic N) is 2. The highest BCUT2D eigenvalue weighted by Crippen LogP contribution is 2.22. The average molecular weight is 298 g/mol. The molecule has 2 aromatic rings. The monoisotopic (exact) mass is 298 g/mol. The predicted molar refractivity (Wildman–Crippen MR) is 70.8 cm³/mol. The van der Waals surface area contributed by atoms with Crippen LogP contribution in [-0.2, 0) is 10.0 Å². The van der Waals surface area contributed by atoms with E-state index in [2.05, 4.69) is 15.4 Å². The lowest BCUT2D eigenvalue weighted by atomic mass is 10.3. The molecule has 7 nitrogen and oxygen atoms in total. The minimum Gasteiger partial charge on any atom is -0.272 e. The Balaban J connectivity index is 2.11. The van der Waals surface area contributed by atoms with Crippen LogP contribution in [0.4, 0.5) is 0 Å². The SMILES string of the molecule is CS(=O)(=O)NNC(=O)c1csc(-c2cccnc2)n1. The van der Waals surface area contributed by atoms with Crippen molar-refractivity contribution in [1.82, 2.24) is 20.2 Å². The number of hydrogen-bond acceptors (Lipinski definition) is 6. The van der Waals surface area contributed by atoms with Crippen molar-refractivity contribution in [2.75, 3.05) is 6.26 Å². The van der Waals surface area contributed by atoms with Gasteiger partial charge in [-0.3, -0.25) is 15.2 Å². The number of carbonyl (C=O) groups is 1. The number of nitrogens with one attached hydrogen (secondary N) is 2. The van der Waals surface area contributed by atoms with Crippen LogP contribution in [0.1, 0.15) is 10.5 Å². The number of amides is 1. The number of aromatic nitrogens is 2. The van der Waals surface area contributed by atoms with Crippen LogP contribution in [0, 0.1) is 0 Å². The van der Waals surface area contributed by atoms with Crippen molar-refractivity contribution in [2.24, 2.45) is 0 Å². The molecule has 0 spiro atoms. The number of carbonyl (C=O) groups excluding carboxylic acids is 1. The van der Waals surface area contributed by atoms with Gasteiger partial charge in [-0.15, -0.1) is 16.2 Å². The number of hydrazine groups is 1. The Bertz CT molecular complexity index is 682. The molecule has 0 fully saturated rings. The van der Waals surface area contributed by atoms with E-state index in [1.807, 2.05) is 10.9 Å². The van der Waals surface area contributed by atoms with Crippen molar-refractivity contribution in [1.29, 1.82) is 0 Å². The number of pyridine rings is 1. The third kappa shape index (κ3) is 3.81. The fraction of sp³-hybridized carbons (Fsp3) is 0.100. The summed E-state index contributed by atoms with van der Waals surface area (Å²) in [6.07, 6.45) is 4.21. The highest BCUT2D eigenvalue weighted by Gasteiger charge is 2.13. The van der Waals surface area contributed by atoms with Crippen LogP contribution in [0.15, 0.2) is 29.9 Å². The summed E-state index contributed by atoms with van der Waals surface area (Å²) in [4.78, 5) is 21.6. The molecule has 9 heteroatoms. The van der Waals surface area contributed by atoms with Gasteiger partial charge in [-0.1, -0.05) is 0 Å². The van der Waals surface area contributed by atoms with Crippen molar-refractivity contribution in [3.63, 3.8) is 0 Å². The van der Waals surface area contributed by atoms with Gasteiger partial charge < -0.3 is 0 Å². The van der Waals surface area contributed by atoms with Gasteiger partial charge in [0.1, 0.15) is 10.7 Å². The maximum Gasteiger partial charge on any atom is 0.285 e. The molecule has 2 heterocycles. The fourth-order valence-corrected chi connectivity index (χ4v) is 2.27. The minimum atomic E-state index is -3.49. The van der Waals surface area contributed by atoms with Gasteiger partial charge in [0.15, 0.2) is 0 Å². The lowest BCUT2D eigenvalue weighted by Crippen LogP contribution is -2.41. The van der Waals surface area contributed by atoms with E-state index in [4.69, 9.17) is 0 Å². The maximum absolute atomic E-state index is 11.6. The number of thiazole rings is 1. The van der Waals surface area contributed by atoms with Crippen molar-refractivity contribution in [3.05, 3.63) is 35.6 Å². The highest BCUT2D eigenvalue weighted by atomic mass is 32.2. The molecule has 2 rings (SSSR count). The van der Waals surface area contributed by atoms with Crippen molar-refractivity contribution < 1.29 is 13.2 Å². The van der Waals surface area contributed by atoms with Crippen LogP contribution >= 0.6 is 11.3 Å². The van der Waals surface area contributed by atoms with Crippen LogP contribution in [0.5, 0.6) is 0 Å². The van der Waals surface area contributed by atoms with Crippen molar-refractivity contribution in [3.8, 4) is 10.6 Å². The third-order valence-corrected chi connectivity index (χ3v) is 3.36. The molecule has 100 valence electrons. The van der Waals surface area contributed by atoms with E-state index in [0.29, 0.717) is 5.01 Å². The van der Waals surface area contributed by atoms with E-state index in [1.54, 1.807) is 23.8 Å². The third-order valence-electron chi connectivity index (χ3n) is 2.00.